The molecular weight excluding hydrogens is 373 g/mol. The molecule has 0 saturated carbocycles. The second-order valence-electron chi connectivity index (χ2n) is 4.22. The van der Waals surface area contributed by atoms with E-state index in [-0.39, 0.29) is 17.3 Å². The highest BCUT2D eigenvalue weighted by Crippen LogP contribution is 2.20. The summed E-state index contributed by atoms with van der Waals surface area (Å²) in [4.78, 5) is 20.1. The molecule has 0 aliphatic carbocycles. The number of benzene rings is 1. The summed E-state index contributed by atoms with van der Waals surface area (Å²) in [6.45, 7) is 0. The molecule has 0 bridgehead atoms. The lowest BCUT2D eigenvalue weighted by Gasteiger charge is -2.05. The summed E-state index contributed by atoms with van der Waals surface area (Å²) in [6.07, 6.45) is 3.33. The van der Waals surface area contributed by atoms with Crippen LogP contribution in [0.2, 0.25) is 0 Å². The van der Waals surface area contributed by atoms with E-state index in [0.717, 1.165) is 11.8 Å². The van der Waals surface area contributed by atoms with Crippen molar-refractivity contribution in [2.75, 3.05) is 11.1 Å². The minimum absolute atomic E-state index is 0.0758. The van der Waals surface area contributed by atoms with Gasteiger partial charge in [0.2, 0.25) is 11.1 Å². The van der Waals surface area contributed by atoms with Crippen LogP contribution in [0.5, 0.6) is 0 Å². The summed E-state index contributed by atoms with van der Waals surface area (Å²) < 4.78 is 15.8. The third-order valence-electron chi connectivity index (χ3n) is 2.63. The number of hydrogen-bond donors (Lipinski definition) is 1. The average molecular weight is 382 g/mol. The number of nitrogens with zero attached hydrogens (tertiary/aromatic N) is 4. The molecule has 1 N–H and O–H groups in total. The van der Waals surface area contributed by atoms with Gasteiger partial charge in [0.1, 0.15) is 5.82 Å². The molecule has 0 saturated heterocycles. The Bertz CT molecular complexity index is 807. The molecule has 2 aromatic heterocycles. The second-order valence-corrected chi connectivity index (χ2v) is 6.08. The van der Waals surface area contributed by atoms with Crippen LogP contribution in [0, 0.1) is 5.82 Å². The van der Waals surface area contributed by atoms with Crippen LogP contribution in [0.3, 0.4) is 0 Å². The number of hydrogen-bond acceptors (Lipinski definition) is 5. The highest BCUT2D eigenvalue weighted by molar-refractivity contribution is 9.10. The van der Waals surface area contributed by atoms with Gasteiger partial charge in [0.05, 0.1) is 11.4 Å². The van der Waals surface area contributed by atoms with E-state index in [1.807, 2.05) is 0 Å². The summed E-state index contributed by atoms with van der Waals surface area (Å²) in [5.41, 5.74) is 0.137. The van der Waals surface area contributed by atoms with E-state index in [9.17, 15) is 9.18 Å². The van der Waals surface area contributed by atoms with Crippen molar-refractivity contribution in [1.29, 1.82) is 0 Å². The molecule has 0 fully saturated rings. The molecule has 0 unspecified atom stereocenters. The van der Waals surface area contributed by atoms with Crippen molar-refractivity contribution in [3.63, 3.8) is 0 Å². The van der Waals surface area contributed by atoms with Crippen LogP contribution in [0.25, 0.3) is 5.78 Å². The molecule has 9 heteroatoms. The standard InChI is InChI=1S/C13H9BrFN5OS/c14-8-2-3-10(9(15)6-8)17-11(21)7-22-13-18-12-16-4-1-5-20(12)19-13/h1-6H,7H2,(H,17,21). The zero-order valence-corrected chi connectivity index (χ0v) is 13.4. The number of carbonyl (C=O) groups excluding carboxylic acids is 1. The van der Waals surface area contributed by atoms with Gasteiger partial charge in [0, 0.05) is 16.9 Å². The predicted octanol–water partition coefficient (Wildman–Crippen LogP) is 2.76. The van der Waals surface area contributed by atoms with Crippen molar-refractivity contribution >= 4 is 45.1 Å². The average Bonchev–Trinajstić information content (AvgIpc) is 2.91. The molecule has 0 spiro atoms. The normalized spacial score (nSPS) is 10.8. The quantitative estimate of drug-likeness (QED) is 0.703. The van der Waals surface area contributed by atoms with Crippen LogP contribution in [-0.2, 0) is 4.79 Å². The third-order valence-corrected chi connectivity index (χ3v) is 3.97. The lowest BCUT2D eigenvalue weighted by atomic mass is 10.3. The van der Waals surface area contributed by atoms with E-state index in [0.29, 0.717) is 15.4 Å². The number of aromatic nitrogens is 4. The number of fused-ring (bicyclic) bond motifs is 1. The summed E-state index contributed by atoms with van der Waals surface area (Å²) >= 11 is 4.31. The smallest absolute Gasteiger partial charge is 0.253 e. The number of nitrogens with one attached hydrogen (secondary N) is 1. The van der Waals surface area contributed by atoms with E-state index in [1.54, 1.807) is 24.5 Å². The largest absolute Gasteiger partial charge is 0.323 e. The van der Waals surface area contributed by atoms with Gasteiger partial charge < -0.3 is 5.32 Å². The Balaban J connectivity index is 1.62. The third kappa shape index (κ3) is 3.42. The zero-order valence-electron chi connectivity index (χ0n) is 11.0. The van der Waals surface area contributed by atoms with Gasteiger partial charge in [-0.1, -0.05) is 27.7 Å². The fourth-order valence-corrected chi connectivity index (χ4v) is 2.64. The minimum Gasteiger partial charge on any atom is -0.323 e. The van der Waals surface area contributed by atoms with E-state index >= 15 is 0 Å². The Morgan fingerprint density at radius 2 is 2.32 bits per heavy atom. The summed E-state index contributed by atoms with van der Waals surface area (Å²) in [7, 11) is 0. The zero-order chi connectivity index (χ0) is 15.5. The molecule has 3 rings (SSSR count). The number of anilines is 1. The van der Waals surface area contributed by atoms with Crippen molar-refractivity contribution in [1.82, 2.24) is 19.6 Å². The van der Waals surface area contributed by atoms with Crippen molar-refractivity contribution < 1.29 is 9.18 Å². The van der Waals surface area contributed by atoms with E-state index < -0.39 is 5.82 Å². The molecule has 0 radical (unpaired) electrons. The molecule has 6 nitrogen and oxygen atoms in total. The molecule has 0 atom stereocenters. The highest BCUT2D eigenvalue weighted by atomic mass is 79.9. The first kappa shape index (κ1) is 14.9. The molecule has 0 aliphatic rings. The fourth-order valence-electron chi connectivity index (χ4n) is 1.68. The molecule has 1 amide bonds. The number of rotatable bonds is 4. The maximum atomic E-state index is 13.6. The number of carbonyl (C=O) groups is 1. The van der Waals surface area contributed by atoms with E-state index in [1.165, 1.54) is 16.6 Å². The molecule has 112 valence electrons. The molecule has 3 aromatic rings. The lowest BCUT2D eigenvalue weighted by Crippen LogP contribution is -2.15. The summed E-state index contributed by atoms with van der Waals surface area (Å²) in [5.74, 6) is -0.294. The van der Waals surface area contributed by atoms with Crippen LogP contribution in [0.4, 0.5) is 10.1 Å². The molecular formula is C13H9BrFN5OS. The van der Waals surface area contributed by atoms with E-state index in [2.05, 4.69) is 36.3 Å². The Labute approximate surface area is 137 Å². The van der Waals surface area contributed by atoms with Crippen LogP contribution in [-0.4, -0.2) is 31.2 Å². The molecule has 0 aliphatic heterocycles. The first-order chi connectivity index (χ1) is 10.6. The van der Waals surface area contributed by atoms with Crippen LogP contribution in [0.15, 0.2) is 46.3 Å². The van der Waals surface area contributed by atoms with Gasteiger partial charge in [-0.25, -0.2) is 13.9 Å². The van der Waals surface area contributed by atoms with Gasteiger partial charge >= 0.3 is 0 Å². The van der Waals surface area contributed by atoms with Gasteiger partial charge in [0.15, 0.2) is 0 Å². The Morgan fingerprint density at radius 1 is 1.45 bits per heavy atom. The van der Waals surface area contributed by atoms with Crippen molar-refractivity contribution in [2.24, 2.45) is 0 Å². The maximum absolute atomic E-state index is 13.6. The lowest BCUT2D eigenvalue weighted by molar-refractivity contribution is -0.113. The Morgan fingerprint density at radius 3 is 3.09 bits per heavy atom. The monoisotopic (exact) mass is 381 g/mol. The van der Waals surface area contributed by atoms with Crippen LogP contribution < -0.4 is 5.32 Å². The SMILES string of the molecule is O=C(CSc1nc2ncccn2n1)Nc1ccc(Br)cc1F. The molecule has 2 heterocycles. The van der Waals surface area contributed by atoms with Gasteiger partial charge in [0.25, 0.3) is 5.78 Å². The summed E-state index contributed by atoms with van der Waals surface area (Å²) in [6, 6.07) is 6.17. The highest BCUT2D eigenvalue weighted by Gasteiger charge is 2.10. The van der Waals surface area contributed by atoms with Crippen molar-refractivity contribution in [2.45, 2.75) is 5.16 Å². The van der Waals surface area contributed by atoms with E-state index in [4.69, 9.17) is 0 Å². The van der Waals surface area contributed by atoms with Crippen LogP contribution >= 0.6 is 27.7 Å². The first-order valence-corrected chi connectivity index (χ1v) is 7.95. The minimum atomic E-state index is -0.497. The first-order valence-electron chi connectivity index (χ1n) is 6.17. The fraction of sp³-hybridized carbons (Fsp3) is 0.0769. The van der Waals surface area contributed by atoms with Crippen molar-refractivity contribution in [3.8, 4) is 0 Å². The Kier molecular flexibility index (Phi) is 4.34. The number of amides is 1. The summed E-state index contributed by atoms with van der Waals surface area (Å²) in [5, 5.41) is 7.11. The van der Waals surface area contributed by atoms with Crippen LogP contribution in [0.1, 0.15) is 0 Å². The maximum Gasteiger partial charge on any atom is 0.253 e. The van der Waals surface area contributed by atoms with Gasteiger partial charge in [-0.15, -0.1) is 5.10 Å². The number of thioether (sulfide) groups is 1. The molecule has 1 aromatic carbocycles. The predicted molar refractivity (Wildman–Crippen MR) is 84.2 cm³/mol. The van der Waals surface area contributed by atoms with Gasteiger partial charge in [-0.2, -0.15) is 4.98 Å². The second kappa shape index (κ2) is 6.41. The van der Waals surface area contributed by atoms with Gasteiger partial charge in [-0.05, 0) is 24.3 Å². The topological polar surface area (TPSA) is 72.2 Å². The number of halogens is 2. The molecule has 22 heavy (non-hydrogen) atoms. The Hall–Kier alpha value is -2.00. The van der Waals surface area contributed by atoms with Crippen molar-refractivity contribution in [3.05, 3.63) is 46.9 Å². The van der Waals surface area contributed by atoms with Gasteiger partial charge in [-0.3, -0.25) is 4.79 Å².